The molecule has 0 aliphatic heterocycles. The van der Waals surface area contributed by atoms with Gasteiger partial charge < -0.3 is 0 Å². The summed E-state index contributed by atoms with van der Waals surface area (Å²) in [5.74, 6) is 0. The molecule has 0 bridgehead atoms. The van der Waals surface area contributed by atoms with Crippen molar-refractivity contribution in [3.05, 3.63) is 41.0 Å². The number of halogens is 1. The Labute approximate surface area is 93.2 Å². The fraction of sp³-hybridized carbons (Fsp3) is 0.250. The molecule has 0 saturated carbocycles. The second kappa shape index (κ2) is 5.62. The predicted octanol–water partition coefficient (Wildman–Crippen LogP) is 3.75. The van der Waals surface area contributed by atoms with E-state index in [-0.39, 0.29) is 0 Å². The fourth-order valence-corrected chi connectivity index (χ4v) is 1.74. The number of hydrogen-bond donors (Lipinski definition) is 0. The van der Waals surface area contributed by atoms with Gasteiger partial charge in [-0.2, -0.15) is 5.26 Å². The van der Waals surface area contributed by atoms with Crippen LogP contribution in [0, 0.1) is 11.3 Å². The zero-order chi connectivity index (χ0) is 10.4. The van der Waals surface area contributed by atoms with Crippen LogP contribution in [-0.4, -0.2) is 5.33 Å². The van der Waals surface area contributed by atoms with Crippen LogP contribution in [0.4, 0.5) is 0 Å². The molecule has 0 fully saturated rings. The topological polar surface area (TPSA) is 23.8 Å². The van der Waals surface area contributed by atoms with Crippen LogP contribution in [0.25, 0.3) is 6.08 Å². The largest absolute Gasteiger partial charge is 0.192 e. The smallest absolute Gasteiger partial charge is 0.0997 e. The highest BCUT2D eigenvalue weighted by Gasteiger charge is 1.98. The van der Waals surface area contributed by atoms with Gasteiger partial charge in [0.2, 0.25) is 0 Å². The second-order valence-corrected chi connectivity index (χ2v) is 3.55. The highest BCUT2D eigenvalue weighted by Crippen LogP contribution is 2.15. The maximum absolute atomic E-state index is 8.89. The van der Waals surface area contributed by atoms with Gasteiger partial charge >= 0.3 is 0 Å². The molecule has 0 amide bonds. The summed E-state index contributed by atoms with van der Waals surface area (Å²) in [6.45, 7) is 2.11. The summed E-state index contributed by atoms with van der Waals surface area (Å²) in [5, 5.41) is 9.75. The molecule has 2 heteroatoms. The number of alkyl halides is 1. The van der Waals surface area contributed by atoms with Gasteiger partial charge in [-0.1, -0.05) is 52.7 Å². The van der Waals surface area contributed by atoms with Crippen molar-refractivity contribution < 1.29 is 0 Å². The van der Waals surface area contributed by atoms with E-state index < -0.39 is 0 Å². The van der Waals surface area contributed by atoms with Crippen molar-refractivity contribution in [3.8, 4) is 6.07 Å². The predicted molar refractivity (Wildman–Crippen MR) is 63.2 cm³/mol. The maximum atomic E-state index is 8.89. The highest BCUT2D eigenvalue weighted by atomic mass is 79.9. The lowest BCUT2D eigenvalue weighted by Crippen LogP contribution is -1.85. The first-order valence-electron chi connectivity index (χ1n) is 4.56. The molecule has 0 radical (unpaired) electrons. The highest BCUT2D eigenvalue weighted by molar-refractivity contribution is 9.09. The quantitative estimate of drug-likeness (QED) is 0.749. The first-order chi connectivity index (χ1) is 6.81. The van der Waals surface area contributed by atoms with Crippen molar-refractivity contribution in [2.45, 2.75) is 13.3 Å². The van der Waals surface area contributed by atoms with Gasteiger partial charge in [0, 0.05) is 5.33 Å². The molecule has 1 nitrogen and oxygen atoms in total. The Morgan fingerprint density at radius 2 is 2.21 bits per heavy atom. The molecule has 1 aromatic carbocycles. The molecule has 0 saturated heterocycles. The molecule has 72 valence electrons. The minimum atomic E-state index is 0.736. The Morgan fingerprint density at radius 3 is 2.79 bits per heavy atom. The molecule has 0 unspecified atom stereocenters. The molecule has 1 rings (SSSR count). The normalized spacial score (nSPS) is 11.1. The van der Waals surface area contributed by atoms with Crippen LogP contribution in [-0.2, 0) is 0 Å². The SMILES string of the molecule is CC/C(=C/c1ccccc1C#N)CBr. The van der Waals surface area contributed by atoms with Crippen LogP contribution in [0.2, 0.25) is 0 Å². The Balaban J connectivity index is 3.08. The lowest BCUT2D eigenvalue weighted by Gasteiger charge is -2.01. The van der Waals surface area contributed by atoms with E-state index in [1.54, 1.807) is 0 Å². The zero-order valence-electron chi connectivity index (χ0n) is 8.13. The van der Waals surface area contributed by atoms with Crippen molar-refractivity contribution in [2.24, 2.45) is 0 Å². The summed E-state index contributed by atoms with van der Waals surface area (Å²) in [7, 11) is 0. The molecular weight excluding hydrogens is 238 g/mol. The van der Waals surface area contributed by atoms with Crippen molar-refractivity contribution in [3.63, 3.8) is 0 Å². The van der Waals surface area contributed by atoms with Gasteiger partial charge in [-0.25, -0.2) is 0 Å². The molecule has 0 spiro atoms. The van der Waals surface area contributed by atoms with E-state index in [1.165, 1.54) is 5.57 Å². The second-order valence-electron chi connectivity index (χ2n) is 2.99. The number of nitrogens with zero attached hydrogens (tertiary/aromatic N) is 1. The van der Waals surface area contributed by atoms with Gasteiger partial charge in [-0.3, -0.25) is 0 Å². The summed E-state index contributed by atoms with van der Waals surface area (Å²) in [6.07, 6.45) is 3.08. The summed E-state index contributed by atoms with van der Waals surface area (Å²) < 4.78 is 0. The van der Waals surface area contributed by atoms with E-state index in [0.717, 1.165) is 22.9 Å². The van der Waals surface area contributed by atoms with E-state index in [0.29, 0.717) is 0 Å². The summed E-state index contributed by atoms with van der Waals surface area (Å²) in [4.78, 5) is 0. The third-order valence-electron chi connectivity index (χ3n) is 2.07. The lowest BCUT2D eigenvalue weighted by atomic mass is 10.1. The average Bonchev–Trinajstić information content (AvgIpc) is 2.26. The number of benzene rings is 1. The molecular formula is C12H12BrN. The maximum Gasteiger partial charge on any atom is 0.0997 e. The first-order valence-corrected chi connectivity index (χ1v) is 5.68. The molecule has 0 aliphatic carbocycles. The fourth-order valence-electron chi connectivity index (χ4n) is 1.18. The Morgan fingerprint density at radius 1 is 1.50 bits per heavy atom. The van der Waals surface area contributed by atoms with Crippen LogP contribution in [0.3, 0.4) is 0 Å². The average molecular weight is 250 g/mol. The van der Waals surface area contributed by atoms with E-state index in [9.17, 15) is 0 Å². The minimum absolute atomic E-state index is 0.736. The number of allylic oxidation sites excluding steroid dienone is 1. The van der Waals surface area contributed by atoms with Crippen LogP contribution >= 0.6 is 15.9 Å². The van der Waals surface area contributed by atoms with Gasteiger partial charge in [0.25, 0.3) is 0 Å². The third-order valence-corrected chi connectivity index (χ3v) is 2.79. The van der Waals surface area contributed by atoms with E-state index in [1.807, 2.05) is 24.3 Å². The van der Waals surface area contributed by atoms with Gasteiger partial charge in [0.15, 0.2) is 0 Å². The van der Waals surface area contributed by atoms with Crippen LogP contribution in [0.15, 0.2) is 29.8 Å². The summed E-state index contributed by atoms with van der Waals surface area (Å²) in [5.41, 5.74) is 3.04. The molecule has 14 heavy (non-hydrogen) atoms. The Bertz CT molecular complexity index is 368. The molecule has 0 aliphatic rings. The van der Waals surface area contributed by atoms with Crippen molar-refractivity contribution in [1.82, 2.24) is 0 Å². The molecule has 0 aromatic heterocycles. The van der Waals surface area contributed by atoms with E-state index in [4.69, 9.17) is 5.26 Å². The van der Waals surface area contributed by atoms with Crippen LogP contribution in [0.1, 0.15) is 24.5 Å². The number of nitriles is 1. The summed E-state index contributed by atoms with van der Waals surface area (Å²) >= 11 is 3.43. The molecule has 1 aromatic rings. The van der Waals surface area contributed by atoms with Gasteiger partial charge in [0.05, 0.1) is 11.6 Å². The molecule has 0 N–H and O–H groups in total. The first kappa shape index (κ1) is 11.0. The van der Waals surface area contributed by atoms with Gasteiger partial charge in [-0.05, 0) is 18.1 Å². The molecule has 0 heterocycles. The van der Waals surface area contributed by atoms with Gasteiger partial charge in [0.1, 0.15) is 0 Å². The van der Waals surface area contributed by atoms with E-state index >= 15 is 0 Å². The Kier molecular flexibility index (Phi) is 4.42. The monoisotopic (exact) mass is 249 g/mol. The van der Waals surface area contributed by atoms with Gasteiger partial charge in [-0.15, -0.1) is 0 Å². The van der Waals surface area contributed by atoms with Crippen molar-refractivity contribution >= 4 is 22.0 Å². The van der Waals surface area contributed by atoms with Crippen LogP contribution < -0.4 is 0 Å². The summed E-state index contributed by atoms with van der Waals surface area (Å²) in [6, 6.07) is 9.84. The van der Waals surface area contributed by atoms with Crippen molar-refractivity contribution in [2.75, 3.05) is 5.33 Å². The van der Waals surface area contributed by atoms with E-state index in [2.05, 4.69) is 35.0 Å². The van der Waals surface area contributed by atoms with Crippen molar-refractivity contribution in [1.29, 1.82) is 5.26 Å². The molecule has 0 atom stereocenters. The lowest BCUT2D eigenvalue weighted by molar-refractivity contribution is 1.12. The standard InChI is InChI=1S/C12H12BrN/c1-2-10(8-13)7-11-5-3-4-6-12(11)9-14/h3-7H,2,8H2,1H3/b10-7-. The third kappa shape index (κ3) is 2.71. The number of rotatable bonds is 3. The zero-order valence-corrected chi connectivity index (χ0v) is 9.71. The minimum Gasteiger partial charge on any atom is -0.192 e. The van der Waals surface area contributed by atoms with Crippen LogP contribution in [0.5, 0.6) is 0 Å². The number of hydrogen-bond acceptors (Lipinski definition) is 1. The Hall–Kier alpha value is -1.07.